The number of aliphatic hydroxyl groups excluding tert-OH is 1. The summed E-state index contributed by atoms with van der Waals surface area (Å²) in [5.74, 6) is 0.124. The second-order valence-corrected chi connectivity index (χ2v) is 8.35. The van der Waals surface area contributed by atoms with Crippen molar-refractivity contribution in [1.82, 2.24) is 30.1 Å². The lowest BCUT2D eigenvalue weighted by Crippen LogP contribution is -2.49. The molecule has 9 heteroatoms. The number of aromatic nitrogens is 3. The van der Waals surface area contributed by atoms with Crippen LogP contribution in [0, 0.1) is 5.92 Å². The number of aliphatic hydroxyl groups is 1. The molecule has 1 atom stereocenters. The normalized spacial score (nSPS) is 17.5. The van der Waals surface area contributed by atoms with Crippen molar-refractivity contribution in [3.8, 4) is 0 Å². The number of carbonyl (C=O) groups is 2. The SMILES string of the molecule is CC(=O)N1CC(Cc2cc(C(=O)NC[C@H](O)CN3CCc4ncccc4C3)ncn2)C1. The molecule has 0 spiro atoms. The van der Waals surface area contributed by atoms with Gasteiger partial charge in [-0.2, -0.15) is 0 Å². The molecule has 2 amide bonds. The number of rotatable bonds is 7. The molecule has 4 rings (SSSR count). The van der Waals surface area contributed by atoms with Crippen LogP contribution in [0.1, 0.15) is 34.4 Å². The van der Waals surface area contributed by atoms with Gasteiger partial charge in [-0.3, -0.25) is 19.5 Å². The summed E-state index contributed by atoms with van der Waals surface area (Å²) in [6.45, 7) is 5.26. The van der Waals surface area contributed by atoms with Gasteiger partial charge in [0.25, 0.3) is 5.91 Å². The number of amides is 2. The highest BCUT2D eigenvalue weighted by Gasteiger charge is 2.29. The van der Waals surface area contributed by atoms with Gasteiger partial charge in [0.05, 0.1) is 6.10 Å². The van der Waals surface area contributed by atoms with Gasteiger partial charge in [0.2, 0.25) is 5.91 Å². The molecule has 31 heavy (non-hydrogen) atoms. The van der Waals surface area contributed by atoms with E-state index < -0.39 is 6.10 Å². The van der Waals surface area contributed by atoms with Crippen LogP contribution in [0.5, 0.6) is 0 Å². The highest BCUT2D eigenvalue weighted by atomic mass is 16.3. The quantitative estimate of drug-likeness (QED) is 0.646. The maximum Gasteiger partial charge on any atom is 0.270 e. The molecule has 2 aliphatic rings. The van der Waals surface area contributed by atoms with E-state index in [2.05, 4.69) is 31.2 Å². The number of nitrogens with zero attached hydrogens (tertiary/aromatic N) is 5. The van der Waals surface area contributed by atoms with Crippen molar-refractivity contribution in [1.29, 1.82) is 0 Å². The first-order valence-corrected chi connectivity index (χ1v) is 10.7. The third-order valence-corrected chi connectivity index (χ3v) is 5.87. The lowest BCUT2D eigenvalue weighted by molar-refractivity contribution is -0.134. The van der Waals surface area contributed by atoms with Gasteiger partial charge in [-0.1, -0.05) is 6.07 Å². The first-order chi connectivity index (χ1) is 15.0. The number of β-amino-alcohol motifs (C(OH)–C–C–N with tert-alkyl or cyclic N) is 1. The van der Waals surface area contributed by atoms with Crippen molar-refractivity contribution in [3.63, 3.8) is 0 Å². The molecular weight excluding hydrogens is 396 g/mol. The van der Waals surface area contributed by atoms with Crippen LogP contribution in [-0.2, 0) is 24.2 Å². The standard InChI is InChI=1S/C22H28N6O3/c1-15(29)28-10-16(11-28)7-18-8-21(26-14-25-18)22(31)24-9-19(30)13-27-6-4-20-17(12-27)3-2-5-23-20/h2-3,5,8,14,16,19,30H,4,6-7,9-13H2,1H3,(H,24,31)/t19-/m0/s1. The van der Waals surface area contributed by atoms with E-state index in [-0.39, 0.29) is 24.1 Å². The van der Waals surface area contributed by atoms with Crippen molar-refractivity contribution in [2.45, 2.75) is 32.4 Å². The maximum absolute atomic E-state index is 12.5. The molecule has 164 valence electrons. The average molecular weight is 425 g/mol. The fraction of sp³-hybridized carbons (Fsp3) is 0.500. The van der Waals surface area contributed by atoms with Crippen LogP contribution < -0.4 is 5.32 Å². The Labute approximate surface area is 181 Å². The Morgan fingerprint density at radius 1 is 1.29 bits per heavy atom. The summed E-state index contributed by atoms with van der Waals surface area (Å²) in [6, 6.07) is 5.68. The minimum absolute atomic E-state index is 0.0861. The summed E-state index contributed by atoms with van der Waals surface area (Å²) < 4.78 is 0. The van der Waals surface area contributed by atoms with Crippen molar-refractivity contribution >= 4 is 11.8 Å². The van der Waals surface area contributed by atoms with Crippen LogP contribution in [0.15, 0.2) is 30.7 Å². The molecule has 0 saturated carbocycles. The number of nitrogens with one attached hydrogen (secondary N) is 1. The van der Waals surface area contributed by atoms with E-state index in [9.17, 15) is 14.7 Å². The highest BCUT2D eigenvalue weighted by Crippen LogP contribution is 2.20. The first-order valence-electron chi connectivity index (χ1n) is 10.7. The Kier molecular flexibility index (Phi) is 6.53. The largest absolute Gasteiger partial charge is 0.390 e. The van der Waals surface area contributed by atoms with E-state index in [4.69, 9.17) is 0 Å². The molecule has 1 saturated heterocycles. The minimum Gasteiger partial charge on any atom is -0.390 e. The van der Waals surface area contributed by atoms with Gasteiger partial charge < -0.3 is 15.3 Å². The van der Waals surface area contributed by atoms with Crippen LogP contribution in [-0.4, -0.2) is 80.5 Å². The number of pyridine rings is 1. The van der Waals surface area contributed by atoms with E-state index in [0.717, 1.165) is 44.0 Å². The number of hydrogen-bond acceptors (Lipinski definition) is 7. The van der Waals surface area contributed by atoms with Crippen LogP contribution in [0.2, 0.25) is 0 Å². The van der Waals surface area contributed by atoms with Gasteiger partial charge in [-0.05, 0) is 30.0 Å². The summed E-state index contributed by atoms with van der Waals surface area (Å²) in [6.07, 6.45) is 4.10. The third-order valence-electron chi connectivity index (χ3n) is 5.87. The maximum atomic E-state index is 12.5. The molecule has 2 aliphatic heterocycles. The fourth-order valence-electron chi connectivity index (χ4n) is 4.13. The van der Waals surface area contributed by atoms with Gasteiger partial charge in [0.15, 0.2) is 0 Å². The Hall–Kier alpha value is -2.91. The zero-order chi connectivity index (χ0) is 21.8. The molecular formula is C22H28N6O3. The number of fused-ring (bicyclic) bond motifs is 1. The van der Waals surface area contributed by atoms with Gasteiger partial charge in [0, 0.05) is 70.2 Å². The molecule has 0 bridgehead atoms. The molecule has 1 fully saturated rings. The van der Waals surface area contributed by atoms with Gasteiger partial charge in [0.1, 0.15) is 12.0 Å². The topological polar surface area (TPSA) is 112 Å². The van der Waals surface area contributed by atoms with Gasteiger partial charge in [-0.15, -0.1) is 0 Å². The van der Waals surface area contributed by atoms with Crippen LogP contribution in [0.25, 0.3) is 0 Å². The summed E-state index contributed by atoms with van der Waals surface area (Å²) in [5.41, 5.74) is 3.39. The Morgan fingerprint density at radius 3 is 2.94 bits per heavy atom. The molecule has 4 heterocycles. The van der Waals surface area contributed by atoms with Crippen molar-refractivity contribution in [2.75, 3.05) is 32.7 Å². The zero-order valence-corrected chi connectivity index (χ0v) is 17.7. The fourth-order valence-corrected chi connectivity index (χ4v) is 4.13. The van der Waals surface area contributed by atoms with Crippen LogP contribution >= 0.6 is 0 Å². The van der Waals surface area contributed by atoms with E-state index in [1.807, 2.05) is 12.3 Å². The van der Waals surface area contributed by atoms with E-state index in [1.54, 1.807) is 17.9 Å². The Balaban J connectivity index is 1.23. The Bertz CT molecular complexity index is 946. The number of carbonyl (C=O) groups excluding carboxylic acids is 2. The second kappa shape index (κ2) is 9.49. The summed E-state index contributed by atoms with van der Waals surface area (Å²) in [5, 5.41) is 13.2. The summed E-state index contributed by atoms with van der Waals surface area (Å²) in [4.78, 5) is 40.4. The van der Waals surface area contributed by atoms with E-state index in [0.29, 0.717) is 18.9 Å². The monoisotopic (exact) mass is 424 g/mol. The van der Waals surface area contributed by atoms with Crippen molar-refractivity contribution in [3.05, 3.63) is 53.4 Å². The first kappa shape index (κ1) is 21.3. The Morgan fingerprint density at radius 2 is 2.13 bits per heavy atom. The van der Waals surface area contributed by atoms with Crippen molar-refractivity contribution < 1.29 is 14.7 Å². The lowest BCUT2D eigenvalue weighted by Gasteiger charge is -2.38. The minimum atomic E-state index is -0.670. The molecule has 0 unspecified atom stereocenters. The predicted molar refractivity (Wildman–Crippen MR) is 113 cm³/mol. The molecule has 0 radical (unpaired) electrons. The van der Waals surface area contributed by atoms with Crippen molar-refractivity contribution in [2.24, 2.45) is 5.92 Å². The van der Waals surface area contributed by atoms with Gasteiger partial charge >= 0.3 is 0 Å². The van der Waals surface area contributed by atoms with Crippen LogP contribution in [0.3, 0.4) is 0 Å². The lowest BCUT2D eigenvalue weighted by atomic mass is 9.94. The molecule has 2 aromatic rings. The second-order valence-electron chi connectivity index (χ2n) is 8.35. The smallest absolute Gasteiger partial charge is 0.270 e. The van der Waals surface area contributed by atoms with E-state index >= 15 is 0 Å². The molecule has 2 aromatic heterocycles. The average Bonchev–Trinajstić information content (AvgIpc) is 2.74. The molecule has 9 nitrogen and oxygen atoms in total. The van der Waals surface area contributed by atoms with E-state index in [1.165, 1.54) is 11.9 Å². The summed E-state index contributed by atoms with van der Waals surface area (Å²) in [7, 11) is 0. The zero-order valence-electron chi connectivity index (χ0n) is 17.7. The predicted octanol–water partition coefficient (Wildman–Crippen LogP) is 0.0414. The number of hydrogen-bond donors (Lipinski definition) is 2. The molecule has 0 aliphatic carbocycles. The highest BCUT2D eigenvalue weighted by molar-refractivity contribution is 5.92. The molecule has 0 aromatic carbocycles. The molecule has 2 N–H and O–H groups in total. The number of likely N-dealkylation sites (tertiary alicyclic amines) is 1. The van der Waals surface area contributed by atoms with Gasteiger partial charge in [-0.25, -0.2) is 9.97 Å². The van der Waals surface area contributed by atoms with Crippen LogP contribution in [0.4, 0.5) is 0 Å². The third kappa shape index (κ3) is 5.42. The summed E-state index contributed by atoms with van der Waals surface area (Å²) >= 11 is 0.